The Labute approximate surface area is 283 Å². The van der Waals surface area contributed by atoms with Crippen LogP contribution in [0.1, 0.15) is 26.3 Å². The smallest absolute Gasteiger partial charge is 0.269 e. The highest BCUT2D eigenvalue weighted by Crippen LogP contribution is 2.38. The third-order valence-corrected chi connectivity index (χ3v) is 8.10. The van der Waals surface area contributed by atoms with Crippen molar-refractivity contribution in [3.05, 3.63) is 191 Å². The summed E-state index contributed by atoms with van der Waals surface area (Å²) in [6, 6.07) is 48.5. The molecule has 0 fully saturated rings. The fraction of sp³-hybridized carbons (Fsp3) is 0.0909. The maximum Gasteiger partial charge on any atom is 0.269 e. The number of ether oxygens (including phenoxy) is 1. The Morgan fingerprint density at radius 3 is 1.54 bits per heavy atom. The van der Waals surface area contributed by atoms with Gasteiger partial charge in [-0.25, -0.2) is 10.1 Å². The maximum atomic E-state index is 9.49. The van der Waals surface area contributed by atoms with Crippen molar-refractivity contribution in [1.82, 2.24) is 0 Å². The second-order valence-corrected chi connectivity index (χ2v) is 12.5. The van der Waals surface area contributed by atoms with Gasteiger partial charge in [0.05, 0.1) is 12.6 Å². The predicted molar refractivity (Wildman–Crippen MR) is 197 cm³/mol. The van der Waals surface area contributed by atoms with Gasteiger partial charge < -0.3 is 9.64 Å². The van der Waals surface area contributed by atoms with Crippen LogP contribution in [-0.4, -0.2) is 0 Å². The second kappa shape index (κ2) is 14.0. The van der Waals surface area contributed by atoms with Gasteiger partial charge in [-0.2, -0.15) is 0 Å². The summed E-state index contributed by atoms with van der Waals surface area (Å²) in [7, 11) is 0. The lowest BCUT2D eigenvalue weighted by atomic mass is 9.91. The monoisotopic (exact) mass is 621 g/mol. The molecule has 0 saturated heterocycles. The standard InChI is InChI=1S/C44H35N3O/c1-44(2,3)43-30-37(42(31-45)46-4)29-41(48-43)28-17-32-15-22-38(23-16-32)47(39-24-18-35(19-25-39)33-11-7-5-8-12-33)40-26-20-36(21-27-40)34-13-9-6-10-14-34/h5-30H,1-3H3. The van der Waals surface area contributed by atoms with E-state index in [-0.39, 0.29) is 11.1 Å². The van der Waals surface area contributed by atoms with Crippen molar-refractivity contribution >= 4 is 23.1 Å². The highest BCUT2D eigenvalue weighted by atomic mass is 16.5. The third-order valence-electron chi connectivity index (χ3n) is 8.10. The van der Waals surface area contributed by atoms with Gasteiger partial charge in [-0.05, 0) is 88.0 Å². The molecule has 6 rings (SSSR count). The zero-order valence-electron chi connectivity index (χ0n) is 27.3. The number of hydrogen-bond acceptors (Lipinski definition) is 3. The third kappa shape index (κ3) is 7.20. The molecule has 0 N–H and O–H groups in total. The van der Waals surface area contributed by atoms with Gasteiger partial charge in [0, 0.05) is 22.5 Å². The van der Waals surface area contributed by atoms with Gasteiger partial charge in [-0.15, -0.1) is 0 Å². The first-order chi connectivity index (χ1) is 23.3. The summed E-state index contributed by atoms with van der Waals surface area (Å²) < 4.78 is 6.18. The fourth-order valence-electron chi connectivity index (χ4n) is 5.49. The lowest BCUT2D eigenvalue weighted by Gasteiger charge is -2.27. The summed E-state index contributed by atoms with van der Waals surface area (Å²) in [5.41, 5.74) is 9.14. The molecule has 0 spiro atoms. The molecule has 0 radical (unpaired) electrons. The van der Waals surface area contributed by atoms with Crippen molar-refractivity contribution in [2.24, 2.45) is 5.41 Å². The molecule has 1 aliphatic heterocycles. The van der Waals surface area contributed by atoms with E-state index in [0.717, 1.165) is 22.6 Å². The highest BCUT2D eigenvalue weighted by molar-refractivity contribution is 5.80. The molecular formula is C44H35N3O. The van der Waals surface area contributed by atoms with Gasteiger partial charge in [0.2, 0.25) is 0 Å². The van der Waals surface area contributed by atoms with Crippen LogP contribution in [0.25, 0.3) is 33.2 Å². The Morgan fingerprint density at radius 1 is 0.646 bits per heavy atom. The maximum absolute atomic E-state index is 9.49. The van der Waals surface area contributed by atoms with Crippen molar-refractivity contribution in [2.75, 3.05) is 4.90 Å². The summed E-state index contributed by atoms with van der Waals surface area (Å²) in [6.45, 7) is 13.6. The zero-order chi connectivity index (χ0) is 33.5. The predicted octanol–water partition coefficient (Wildman–Crippen LogP) is 12.0. The minimum atomic E-state index is -0.287. The fourth-order valence-corrected chi connectivity index (χ4v) is 5.49. The summed E-state index contributed by atoms with van der Waals surface area (Å²) in [6.07, 6.45) is 7.40. The average molecular weight is 622 g/mol. The summed E-state index contributed by atoms with van der Waals surface area (Å²) in [5, 5.41) is 9.49. The van der Waals surface area contributed by atoms with Crippen LogP contribution in [-0.2, 0) is 4.74 Å². The van der Waals surface area contributed by atoms with Gasteiger partial charge >= 0.3 is 0 Å². The Balaban J connectivity index is 1.31. The van der Waals surface area contributed by atoms with Crippen LogP contribution >= 0.6 is 0 Å². The van der Waals surface area contributed by atoms with Crippen molar-refractivity contribution in [2.45, 2.75) is 20.8 Å². The molecule has 0 atom stereocenters. The molecule has 0 amide bonds. The number of benzene rings is 5. The molecule has 0 aromatic heterocycles. The molecule has 0 unspecified atom stereocenters. The van der Waals surface area contributed by atoms with Gasteiger partial charge in [0.15, 0.2) is 0 Å². The normalized spacial score (nSPS) is 13.9. The van der Waals surface area contributed by atoms with E-state index in [2.05, 4.69) is 131 Å². The lowest BCUT2D eigenvalue weighted by molar-refractivity contribution is 0.223. The van der Waals surface area contributed by atoms with E-state index in [4.69, 9.17) is 11.3 Å². The Hall–Kier alpha value is -6.36. The van der Waals surface area contributed by atoms with Crippen LogP contribution in [0.15, 0.2) is 174 Å². The van der Waals surface area contributed by atoms with Gasteiger partial charge in [-0.3, -0.25) is 0 Å². The molecule has 1 aliphatic rings. The molecule has 5 aromatic rings. The summed E-state index contributed by atoms with van der Waals surface area (Å²) >= 11 is 0. The summed E-state index contributed by atoms with van der Waals surface area (Å²) in [5.74, 6) is 1.29. The van der Waals surface area contributed by atoms with E-state index >= 15 is 0 Å². The van der Waals surface area contributed by atoms with Crippen LogP contribution in [0.3, 0.4) is 0 Å². The molecule has 5 aromatic carbocycles. The van der Waals surface area contributed by atoms with E-state index in [9.17, 15) is 5.26 Å². The number of anilines is 3. The van der Waals surface area contributed by atoms with E-state index in [1.807, 2.05) is 51.1 Å². The molecule has 0 bridgehead atoms. The zero-order valence-corrected chi connectivity index (χ0v) is 27.3. The van der Waals surface area contributed by atoms with Gasteiger partial charge in [0.1, 0.15) is 11.5 Å². The number of rotatable bonds is 7. The molecule has 48 heavy (non-hydrogen) atoms. The van der Waals surface area contributed by atoms with Crippen molar-refractivity contribution in [3.63, 3.8) is 0 Å². The Bertz CT molecular complexity index is 2000. The molecule has 1 heterocycles. The largest absolute Gasteiger partial charge is 0.461 e. The Kier molecular flexibility index (Phi) is 9.19. The molecule has 0 aliphatic carbocycles. The molecule has 0 saturated carbocycles. The number of nitriles is 1. The van der Waals surface area contributed by atoms with Gasteiger partial charge in [0.25, 0.3) is 5.70 Å². The average Bonchev–Trinajstić information content (AvgIpc) is 3.13. The summed E-state index contributed by atoms with van der Waals surface area (Å²) in [4.78, 5) is 5.67. The van der Waals surface area contributed by atoms with Crippen molar-refractivity contribution < 1.29 is 4.74 Å². The highest BCUT2D eigenvalue weighted by Gasteiger charge is 2.24. The van der Waals surface area contributed by atoms with Crippen LogP contribution in [0, 0.1) is 23.3 Å². The SMILES string of the molecule is [C-]#[N+]C(C#N)=C1C=C(C=Cc2ccc(N(c3ccc(-c4ccccc4)cc3)c3ccc(-c4ccccc4)cc3)cc2)OC(C(C)(C)C)=C1. The number of hydrogen-bond donors (Lipinski definition) is 0. The lowest BCUT2D eigenvalue weighted by Crippen LogP contribution is -2.14. The molecular weight excluding hydrogens is 587 g/mol. The first-order valence-corrected chi connectivity index (χ1v) is 15.9. The number of nitrogens with zero attached hydrogens (tertiary/aromatic N) is 3. The van der Waals surface area contributed by atoms with Crippen LogP contribution in [0.2, 0.25) is 0 Å². The van der Waals surface area contributed by atoms with Crippen molar-refractivity contribution in [3.8, 4) is 28.3 Å². The molecule has 4 heteroatoms. The first kappa shape index (κ1) is 31.6. The topological polar surface area (TPSA) is 40.6 Å². The molecule has 232 valence electrons. The van der Waals surface area contributed by atoms with Crippen LogP contribution in [0.4, 0.5) is 17.1 Å². The van der Waals surface area contributed by atoms with E-state index in [0.29, 0.717) is 17.1 Å². The van der Waals surface area contributed by atoms with Gasteiger partial charge in [-0.1, -0.05) is 124 Å². The van der Waals surface area contributed by atoms with Crippen molar-refractivity contribution in [1.29, 1.82) is 5.26 Å². The number of allylic oxidation sites excluding steroid dienone is 6. The first-order valence-electron chi connectivity index (χ1n) is 15.9. The van der Waals surface area contributed by atoms with Crippen LogP contribution in [0.5, 0.6) is 0 Å². The van der Waals surface area contributed by atoms with Crippen LogP contribution < -0.4 is 4.90 Å². The second-order valence-electron chi connectivity index (χ2n) is 12.5. The minimum Gasteiger partial charge on any atom is -0.461 e. The Morgan fingerprint density at radius 2 is 1.10 bits per heavy atom. The minimum absolute atomic E-state index is 0.0454. The van der Waals surface area contributed by atoms with E-state index in [1.54, 1.807) is 12.2 Å². The van der Waals surface area contributed by atoms with E-state index in [1.165, 1.54) is 22.3 Å². The quantitative estimate of drug-likeness (QED) is 0.134. The van der Waals surface area contributed by atoms with E-state index < -0.39 is 0 Å². The molecule has 4 nitrogen and oxygen atoms in total.